The number of terminal acetylenes is 1. The van der Waals surface area contributed by atoms with Crippen LogP contribution in [-0.2, 0) is 10.0 Å². The highest BCUT2D eigenvalue weighted by atomic mass is 79.9. The van der Waals surface area contributed by atoms with Crippen LogP contribution in [0.2, 0.25) is 0 Å². The minimum absolute atomic E-state index is 0.286. The van der Waals surface area contributed by atoms with Gasteiger partial charge in [0, 0.05) is 30.7 Å². The van der Waals surface area contributed by atoms with Crippen molar-refractivity contribution in [3.8, 4) is 12.3 Å². The quantitative estimate of drug-likeness (QED) is 0.767. The lowest BCUT2D eigenvalue weighted by molar-refractivity contribution is 0.206. The van der Waals surface area contributed by atoms with E-state index in [1.54, 1.807) is 0 Å². The summed E-state index contributed by atoms with van der Waals surface area (Å²) in [6.45, 7) is 2.25. The maximum atomic E-state index is 13.8. The van der Waals surface area contributed by atoms with Crippen LogP contribution in [0.15, 0.2) is 27.6 Å². The molecule has 1 heterocycles. The zero-order valence-corrected chi connectivity index (χ0v) is 13.1. The summed E-state index contributed by atoms with van der Waals surface area (Å²) < 4.78 is 40.4. The number of hydrogen-bond acceptors (Lipinski definition) is 3. The van der Waals surface area contributed by atoms with Crippen LogP contribution in [0.5, 0.6) is 0 Å². The summed E-state index contributed by atoms with van der Waals surface area (Å²) >= 11 is 3.11. The van der Waals surface area contributed by atoms with Crippen molar-refractivity contribution in [3.05, 3.63) is 28.5 Å². The topological polar surface area (TPSA) is 40.6 Å². The second kappa shape index (κ2) is 6.22. The van der Waals surface area contributed by atoms with E-state index in [0.29, 0.717) is 37.2 Å². The lowest BCUT2D eigenvalue weighted by atomic mass is 10.3. The van der Waals surface area contributed by atoms with Gasteiger partial charge in [0.1, 0.15) is 10.7 Å². The van der Waals surface area contributed by atoms with Crippen molar-refractivity contribution in [2.24, 2.45) is 0 Å². The molecule has 1 aliphatic heterocycles. The summed E-state index contributed by atoms with van der Waals surface area (Å²) in [5.41, 5.74) is 0. The lowest BCUT2D eigenvalue weighted by Gasteiger charge is -2.32. The average Bonchev–Trinajstić information content (AvgIpc) is 2.39. The normalized spacial score (nSPS) is 17.9. The third-order valence-electron chi connectivity index (χ3n) is 3.16. The van der Waals surface area contributed by atoms with Gasteiger partial charge < -0.3 is 0 Å². The molecule has 2 rings (SSSR count). The monoisotopic (exact) mass is 360 g/mol. The van der Waals surface area contributed by atoms with Crippen LogP contribution in [0.25, 0.3) is 0 Å². The molecule has 7 heteroatoms. The van der Waals surface area contributed by atoms with E-state index in [9.17, 15) is 12.8 Å². The van der Waals surface area contributed by atoms with Gasteiger partial charge in [-0.2, -0.15) is 4.31 Å². The van der Waals surface area contributed by atoms with Crippen LogP contribution in [0.1, 0.15) is 0 Å². The molecule has 1 saturated heterocycles. The summed E-state index contributed by atoms with van der Waals surface area (Å²) in [5, 5.41) is 0. The highest BCUT2D eigenvalue weighted by Crippen LogP contribution is 2.23. The zero-order chi connectivity index (χ0) is 14.8. The van der Waals surface area contributed by atoms with Gasteiger partial charge >= 0.3 is 0 Å². The predicted molar refractivity (Wildman–Crippen MR) is 78.1 cm³/mol. The van der Waals surface area contributed by atoms with Crippen molar-refractivity contribution < 1.29 is 12.8 Å². The SMILES string of the molecule is C#CCN1CCN(S(=O)(=O)c2ccc(Br)cc2F)CC1. The Morgan fingerprint density at radius 2 is 1.95 bits per heavy atom. The predicted octanol–water partition coefficient (Wildman–Crippen LogP) is 1.53. The van der Waals surface area contributed by atoms with Gasteiger partial charge in [-0.3, -0.25) is 4.90 Å². The first-order valence-electron chi connectivity index (χ1n) is 6.06. The minimum Gasteiger partial charge on any atom is -0.290 e. The fourth-order valence-electron chi connectivity index (χ4n) is 2.08. The van der Waals surface area contributed by atoms with E-state index in [1.807, 2.05) is 4.90 Å². The fourth-order valence-corrected chi connectivity index (χ4v) is 3.88. The van der Waals surface area contributed by atoms with Gasteiger partial charge in [0.2, 0.25) is 10.0 Å². The minimum atomic E-state index is -3.79. The van der Waals surface area contributed by atoms with Gasteiger partial charge in [-0.25, -0.2) is 12.8 Å². The van der Waals surface area contributed by atoms with Gasteiger partial charge in [-0.05, 0) is 18.2 Å². The number of benzene rings is 1. The van der Waals surface area contributed by atoms with Gasteiger partial charge in [0.25, 0.3) is 0 Å². The molecular weight excluding hydrogens is 347 g/mol. The highest BCUT2D eigenvalue weighted by Gasteiger charge is 2.30. The van der Waals surface area contributed by atoms with Crippen LogP contribution in [0.4, 0.5) is 4.39 Å². The largest absolute Gasteiger partial charge is 0.290 e. The van der Waals surface area contributed by atoms with Gasteiger partial charge in [0.15, 0.2) is 0 Å². The van der Waals surface area contributed by atoms with E-state index >= 15 is 0 Å². The van der Waals surface area contributed by atoms with Gasteiger partial charge in [-0.1, -0.05) is 21.9 Å². The smallest absolute Gasteiger partial charge is 0.246 e. The summed E-state index contributed by atoms with van der Waals surface area (Å²) in [7, 11) is -3.79. The molecule has 0 unspecified atom stereocenters. The Bertz CT molecular complexity index is 634. The molecule has 108 valence electrons. The average molecular weight is 361 g/mol. The molecule has 0 radical (unpaired) electrons. The molecule has 0 saturated carbocycles. The number of halogens is 2. The van der Waals surface area contributed by atoms with E-state index in [1.165, 1.54) is 16.4 Å². The third kappa shape index (κ3) is 3.20. The Kier molecular flexibility index (Phi) is 4.81. The number of sulfonamides is 1. The summed E-state index contributed by atoms with van der Waals surface area (Å²) in [4.78, 5) is 1.70. The molecule has 0 spiro atoms. The van der Waals surface area contributed by atoms with Crippen molar-refractivity contribution >= 4 is 26.0 Å². The van der Waals surface area contributed by atoms with Crippen molar-refractivity contribution in [2.75, 3.05) is 32.7 Å². The third-order valence-corrected chi connectivity index (χ3v) is 5.58. The Hall–Kier alpha value is -0.940. The molecule has 1 aromatic rings. The molecule has 1 fully saturated rings. The van der Waals surface area contributed by atoms with Crippen molar-refractivity contribution in [1.29, 1.82) is 0 Å². The van der Waals surface area contributed by atoms with E-state index in [0.717, 1.165) is 6.07 Å². The Morgan fingerprint density at radius 1 is 1.30 bits per heavy atom. The van der Waals surface area contributed by atoms with Crippen LogP contribution in [0, 0.1) is 18.2 Å². The lowest BCUT2D eigenvalue weighted by Crippen LogP contribution is -2.48. The second-order valence-electron chi connectivity index (χ2n) is 4.46. The number of hydrogen-bond donors (Lipinski definition) is 0. The van der Waals surface area contributed by atoms with Crippen molar-refractivity contribution in [3.63, 3.8) is 0 Å². The Balaban J connectivity index is 2.18. The standard InChI is InChI=1S/C13H14BrFN2O2S/c1-2-5-16-6-8-17(9-7-16)20(18,19)13-4-3-11(14)10-12(13)15/h1,3-4,10H,5-9H2. The second-order valence-corrected chi connectivity index (χ2v) is 7.28. The summed E-state index contributed by atoms with van der Waals surface area (Å²) in [5.74, 6) is 1.79. The fraction of sp³-hybridized carbons (Fsp3) is 0.385. The first kappa shape index (κ1) is 15.4. The molecule has 0 atom stereocenters. The number of rotatable bonds is 3. The van der Waals surface area contributed by atoms with Crippen molar-refractivity contribution in [2.45, 2.75) is 4.90 Å². The molecule has 1 aromatic carbocycles. The molecule has 1 aliphatic rings. The summed E-state index contributed by atoms with van der Waals surface area (Å²) in [6, 6.07) is 3.95. The molecule has 20 heavy (non-hydrogen) atoms. The number of nitrogens with zero attached hydrogens (tertiary/aromatic N) is 2. The van der Waals surface area contributed by atoms with E-state index in [4.69, 9.17) is 6.42 Å². The molecule has 0 bridgehead atoms. The van der Waals surface area contributed by atoms with Gasteiger partial charge in [-0.15, -0.1) is 6.42 Å². The summed E-state index contributed by atoms with van der Waals surface area (Å²) in [6.07, 6.45) is 5.23. The van der Waals surface area contributed by atoms with Crippen LogP contribution in [-0.4, -0.2) is 50.3 Å². The maximum Gasteiger partial charge on any atom is 0.246 e. The molecule has 0 N–H and O–H groups in total. The van der Waals surface area contributed by atoms with E-state index < -0.39 is 15.8 Å². The molecule has 0 amide bonds. The molecule has 0 aliphatic carbocycles. The van der Waals surface area contributed by atoms with Crippen LogP contribution >= 0.6 is 15.9 Å². The Morgan fingerprint density at radius 3 is 2.50 bits per heavy atom. The maximum absolute atomic E-state index is 13.8. The first-order chi connectivity index (χ1) is 9.45. The van der Waals surface area contributed by atoms with Gasteiger partial charge in [0.05, 0.1) is 6.54 Å². The molecule has 4 nitrogen and oxygen atoms in total. The number of piperazine rings is 1. The van der Waals surface area contributed by atoms with Crippen LogP contribution in [0.3, 0.4) is 0 Å². The van der Waals surface area contributed by atoms with Crippen molar-refractivity contribution in [1.82, 2.24) is 9.21 Å². The zero-order valence-electron chi connectivity index (χ0n) is 10.7. The molecule has 0 aromatic heterocycles. The van der Waals surface area contributed by atoms with E-state index in [2.05, 4.69) is 21.9 Å². The first-order valence-corrected chi connectivity index (χ1v) is 8.29. The van der Waals surface area contributed by atoms with Crippen LogP contribution < -0.4 is 0 Å². The highest BCUT2D eigenvalue weighted by molar-refractivity contribution is 9.10. The Labute approximate surface area is 126 Å². The van der Waals surface area contributed by atoms with E-state index in [-0.39, 0.29) is 4.90 Å². The molecular formula is C13H14BrFN2O2S.